The molecule has 0 radical (unpaired) electrons. The summed E-state index contributed by atoms with van der Waals surface area (Å²) in [6, 6.07) is 18.1. The van der Waals surface area contributed by atoms with Gasteiger partial charge in [0.2, 0.25) is 0 Å². The van der Waals surface area contributed by atoms with E-state index < -0.39 is 0 Å². The van der Waals surface area contributed by atoms with Crippen LogP contribution in [0.5, 0.6) is 5.75 Å². The van der Waals surface area contributed by atoms with Gasteiger partial charge in [-0.05, 0) is 30.2 Å². The molecule has 0 aromatic heterocycles. The fourth-order valence-electron chi connectivity index (χ4n) is 2.33. The van der Waals surface area contributed by atoms with Crippen LogP contribution in [0.2, 0.25) is 0 Å². The van der Waals surface area contributed by atoms with Crippen LogP contribution in [0.4, 0.5) is 0 Å². The predicted octanol–water partition coefficient (Wildman–Crippen LogP) is 3.59. The summed E-state index contributed by atoms with van der Waals surface area (Å²) in [7, 11) is 1.76. The van der Waals surface area contributed by atoms with Gasteiger partial charge < -0.3 is 20.1 Å². The third kappa shape index (κ3) is 8.05. The highest BCUT2D eigenvalue weighted by Crippen LogP contribution is 2.14. The van der Waals surface area contributed by atoms with Gasteiger partial charge in [0.05, 0.1) is 6.61 Å². The molecular formula is C20H28IN3O2. The van der Waals surface area contributed by atoms with Crippen molar-refractivity contribution in [2.75, 3.05) is 26.8 Å². The lowest BCUT2D eigenvalue weighted by Gasteiger charge is -2.15. The standard InChI is InChI=1S/C20H27N3O2.HI/c1-3-24-14-13-22-20(21-2)23-15-17-9-7-8-10-18(17)16-25-19-11-5-4-6-12-19;/h4-12H,3,13-16H2,1-2H3,(H2,21,22,23);1H. The van der Waals surface area contributed by atoms with Crippen molar-refractivity contribution in [1.29, 1.82) is 0 Å². The minimum Gasteiger partial charge on any atom is -0.489 e. The van der Waals surface area contributed by atoms with Crippen molar-refractivity contribution in [3.63, 3.8) is 0 Å². The molecular weight excluding hydrogens is 441 g/mol. The Labute approximate surface area is 173 Å². The number of aliphatic imine (C=N–C) groups is 1. The first-order valence-electron chi connectivity index (χ1n) is 8.60. The van der Waals surface area contributed by atoms with Gasteiger partial charge in [-0.3, -0.25) is 4.99 Å². The zero-order valence-corrected chi connectivity index (χ0v) is 17.7. The molecule has 2 rings (SSSR count). The average Bonchev–Trinajstić information content (AvgIpc) is 2.67. The summed E-state index contributed by atoms with van der Waals surface area (Å²) in [6.07, 6.45) is 0. The van der Waals surface area contributed by atoms with E-state index in [-0.39, 0.29) is 24.0 Å². The van der Waals surface area contributed by atoms with E-state index in [2.05, 4.69) is 27.8 Å². The third-order valence-corrected chi connectivity index (χ3v) is 3.67. The van der Waals surface area contributed by atoms with E-state index in [1.165, 1.54) is 5.56 Å². The van der Waals surface area contributed by atoms with Gasteiger partial charge in [0.25, 0.3) is 0 Å². The fraction of sp³-hybridized carbons (Fsp3) is 0.350. The molecule has 0 atom stereocenters. The summed E-state index contributed by atoms with van der Waals surface area (Å²) in [5.41, 5.74) is 2.34. The lowest BCUT2D eigenvalue weighted by molar-refractivity contribution is 0.152. The third-order valence-electron chi connectivity index (χ3n) is 3.67. The van der Waals surface area contributed by atoms with E-state index in [4.69, 9.17) is 9.47 Å². The number of para-hydroxylation sites is 1. The van der Waals surface area contributed by atoms with E-state index in [0.29, 0.717) is 19.8 Å². The quantitative estimate of drug-likeness (QED) is 0.255. The number of guanidine groups is 1. The van der Waals surface area contributed by atoms with E-state index >= 15 is 0 Å². The molecule has 0 heterocycles. The minimum absolute atomic E-state index is 0. The van der Waals surface area contributed by atoms with Crippen LogP contribution in [0.1, 0.15) is 18.1 Å². The lowest BCUT2D eigenvalue weighted by atomic mass is 10.1. The van der Waals surface area contributed by atoms with Gasteiger partial charge in [0.1, 0.15) is 12.4 Å². The van der Waals surface area contributed by atoms with Crippen LogP contribution in [0, 0.1) is 0 Å². The number of ether oxygens (including phenoxy) is 2. The first-order chi connectivity index (χ1) is 12.3. The van der Waals surface area contributed by atoms with E-state index in [9.17, 15) is 0 Å². The summed E-state index contributed by atoms with van der Waals surface area (Å²) >= 11 is 0. The Bertz CT molecular complexity index is 651. The van der Waals surface area contributed by atoms with Crippen LogP contribution in [0.3, 0.4) is 0 Å². The summed E-state index contributed by atoms with van der Waals surface area (Å²) in [4.78, 5) is 4.23. The Morgan fingerprint density at radius 1 is 0.962 bits per heavy atom. The van der Waals surface area contributed by atoms with Crippen LogP contribution >= 0.6 is 24.0 Å². The minimum atomic E-state index is 0. The van der Waals surface area contributed by atoms with Crippen LogP contribution in [0.25, 0.3) is 0 Å². The van der Waals surface area contributed by atoms with Gasteiger partial charge in [0.15, 0.2) is 5.96 Å². The fourth-order valence-corrected chi connectivity index (χ4v) is 2.33. The number of halogens is 1. The highest BCUT2D eigenvalue weighted by Gasteiger charge is 2.04. The number of benzene rings is 2. The van der Waals surface area contributed by atoms with Gasteiger partial charge in [0, 0.05) is 26.7 Å². The van der Waals surface area contributed by atoms with Crippen LogP contribution < -0.4 is 15.4 Å². The number of nitrogens with one attached hydrogen (secondary N) is 2. The molecule has 0 fully saturated rings. The Hall–Kier alpha value is -1.80. The maximum atomic E-state index is 5.87. The zero-order chi connectivity index (χ0) is 17.7. The van der Waals surface area contributed by atoms with E-state index in [0.717, 1.165) is 30.4 Å². The van der Waals surface area contributed by atoms with Crippen LogP contribution in [-0.2, 0) is 17.9 Å². The second-order valence-corrected chi connectivity index (χ2v) is 5.42. The summed E-state index contributed by atoms with van der Waals surface area (Å²) in [6.45, 7) is 5.33. The molecule has 0 aliphatic carbocycles. The van der Waals surface area contributed by atoms with Crippen molar-refractivity contribution in [2.24, 2.45) is 4.99 Å². The molecule has 0 unspecified atom stereocenters. The van der Waals surface area contributed by atoms with Crippen molar-refractivity contribution < 1.29 is 9.47 Å². The first kappa shape index (κ1) is 22.2. The molecule has 142 valence electrons. The number of hydrogen-bond acceptors (Lipinski definition) is 3. The molecule has 0 saturated carbocycles. The van der Waals surface area contributed by atoms with Crippen molar-refractivity contribution in [2.45, 2.75) is 20.1 Å². The molecule has 0 bridgehead atoms. The van der Waals surface area contributed by atoms with Gasteiger partial charge >= 0.3 is 0 Å². The van der Waals surface area contributed by atoms with Crippen molar-refractivity contribution >= 4 is 29.9 Å². The molecule has 0 saturated heterocycles. The molecule has 5 nitrogen and oxygen atoms in total. The van der Waals surface area contributed by atoms with Gasteiger partial charge in [-0.25, -0.2) is 0 Å². The van der Waals surface area contributed by atoms with Crippen LogP contribution in [-0.4, -0.2) is 32.8 Å². The smallest absolute Gasteiger partial charge is 0.191 e. The first-order valence-corrected chi connectivity index (χ1v) is 8.60. The molecule has 2 aromatic carbocycles. The topological polar surface area (TPSA) is 54.9 Å². The number of nitrogens with zero attached hydrogens (tertiary/aromatic N) is 1. The normalized spacial score (nSPS) is 10.8. The predicted molar refractivity (Wildman–Crippen MR) is 117 cm³/mol. The van der Waals surface area contributed by atoms with Crippen LogP contribution in [0.15, 0.2) is 59.6 Å². The molecule has 2 aromatic rings. The molecule has 6 heteroatoms. The van der Waals surface area contributed by atoms with Crippen molar-refractivity contribution in [1.82, 2.24) is 10.6 Å². The van der Waals surface area contributed by atoms with Gasteiger partial charge in [-0.1, -0.05) is 42.5 Å². The maximum absolute atomic E-state index is 5.87. The number of rotatable bonds is 9. The second-order valence-electron chi connectivity index (χ2n) is 5.42. The molecule has 26 heavy (non-hydrogen) atoms. The lowest BCUT2D eigenvalue weighted by Crippen LogP contribution is -2.38. The SMILES string of the molecule is CCOCCNC(=NC)NCc1ccccc1COc1ccccc1.I. The summed E-state index contributed by atoms with van der Waals surface area (Å²) < 4.78 is 11.2. The van der Waals surface area contributed by atoms with E-state index in [1.807, 2.05) is 49.4 Å². The second kappa shape index (κ2) is 13.4. The number of hydrogen-bond donors (Lipinski definition) is 2. The van der Waals surface area contributed by atoms with Crippen molar-refractivity contribution in [3.05, 3.63) is 65.7 Å². The highest BCUT2D eigenvalue weighted by molar-refractivity contribution is 14.0. The monoisotopic (exact) mass is 469 g/mol. The molecule has 0 aliphatic rings. The molecule has 0 aliphatic heterocycles. The van der Waals surface area contributed by atoms with Crippen molar-refractivity contribution in [3.8, 4) is 5.75 Å². The Kier molecular flexibility index (Phi) is 11.5. The molecule has 2 N–H and O–H groups in total. The van der Waals surface area contributed by atoms with E-state index in [1.54, 1.807) is 7.05 Å². The molecule has 0 spiro atoms. The average molecular weight is 469 g/mol. The highest BCUT2D eigenvalue weighted by atomic mass is 127. The van der Waals surface area contributed by atoms with Gasteiger partial charge in [-0.2, -0.15) is 0 Å². The Morgan fingerprint density at radius 2 is 1.65 bits per heavy atom. The maximum Gasteiger partial charge on any atom is 0.191 e. The Morgan fingerprint density at radius 3 is 2.35 bits per heavy atom. The largest absolute Gasteiger partial charge is 0.489 e. The zero-order valence-electron chi connectivity index (χ0n) is 15.4. The molecule has 0 amide bonds. The van der Waals surface area contributed by atoms with Gasteiger partial charge in [-0.15, -0.1) is 24.0 Å². The summed E-state index contributed by atoms with van der Waals surface area (Å²) in [5.74, 6) is 1.64. The Balaban J connectivity index is 0.00000338. The summed E-state index contributed by atoms with van der Waals surface area (Å²) in [5, 5.41) is 6.56.